The average Bonchev–Trinajstić information content (AvgIpc) is 2.37. The molecule has 1 heterocycles. The van der Waals surface area contributed by atoms with E-state index in [1.165, 1.54) is 11.1 Å². The average molecular weight is 300 g/mol. The molecule has 3 nitrogen and oxygen atoms in total. The van der Waals surface area contributed by atoms with Gasteiger partial charge in [-0.3, -0.25) is 0 Å². The standard InChI is InChI=1S/C13H18BrNO2/c14-5-3-12(16)13(17)10-1-2-11-8-15-6-4-9(11)7-10/h1-2,7,12-13,15-17H,3-6,8H2. The Morgan fingerprint density at radius 1 is 1.29 bits per heavy atom. The van der Waals surface area contributed by atoms with Gasteiger partial charge in [0.15, 0.2) is 0 Å². The van der Waals surface area contributed by atoms with Crippen molar-refractivity contribution in [2.75, 3.05) is 11.9 Å². The molecule has 2 atom stereocenters. The second kappa shape index (κ2) is 5.96. The second-order valence-electron chi connectivity index (χ2n) is 4.44. The van der Waals surface area contributed by atoms with Gasteiger partial charge in [-0.15, -0.1) is 0 Å². The lowest BCUT2D eigenvalue weighted by Crippen LogP contribution is -2.24. The number of hydrogen-bond acceptors (Lipinski definition) is 3. The van der Waals surface area contributed by atoms with Crippen molar-refractivity contribution in [2.24, 2.45) is 0 Å². The van der Waals surface area contributed by atoms with Crippen LogP contribution in [0.25, 0.3) is 0 Å². The van der Waals surface area contributed by atoms with Gasteiger partial charge in [0.2, 0.25) is 0 Å². The third-order valence-electron chi connectivity index (χ3n) is 3.23. The summed E-state index contributed by atoms with van der Waals surface area (Å²) in [5.74, 6) is 0. The Morgan fingerprint density at radius 3 is 2.88 bits per heavy atom. The van der Waals surface area contributed by atoms with Crippen molar-refractivity contribution in [3.63, 3.8) is 0 Å². The number of alkyl halides is 1. The van der Waals surface area contributed by atoms with Crippen molar-refractivity contribution in [1.29, 1.82) is 0 Å². The zero-order valence-corrected chi connectivity index (χ0v) is 11.3. The predicted molar refractivity (Wildman–Crippen MR) is 71.2 cm³/mol. The molecule has 2 unspecified atom stereocenters. The molecule has 0 fully saturated rings. The number of aliphatic hydroxyl groups excluding tert-OH is 2. The van der Waals surface area contributed by atoms with Gasteiger partial charge in [-0.05, 0) is 36.1 Å². The van der Waals surface area contributed by atoms with E-state index < -0.39 is 12.2 Å². The van der Waals surface area contributed by atoms with Crippen molar-refractivity contribution >= 4 is 15.9 Å². The number of nitrogens with one attached hydrogen (secondary N) is 1. The first-order valence-corrected chi connectivity index (χ1v) is 7.09. The molecule has 0 saturated heterocycles. The minimum atomic E-state index is -0.785. The molecule has 0 amide bonds. The molecule has 17 heavy (non-hydrogen) atoms. The van der Waals surface area contributed by atoms with Crippen LogP contribution in [-0.2, 0) is 13.0 Å². The molecular formula is C13H18BrNO2. The third-order valence-corrected chi connectivity index (χ3v) is 3.69. The second-order valence-corrected chi connectivity index (χ2v) is 5.24. The smallest absolute Gasteiger partial charge is 0.105 e. The topological polar surface area (TPSA) is 52.5 Å². The molecule has 4 heteroatoms. The quantitative estimate of drug-likeness (QED) is 0.739. The first-order valence-electron chi connectivity index (χ1n) is 5.97. The molecule has 3 N–H and O–H groups in total. The maximum absolute atomic E-state index is 10.0. The molecule has 0 radical (unpaired) electrons. The van der Waals surface area contributed by atoms with Crippen LogP contribution >= 0.6 is 15.9 Å². The van der Waals surface area contributed by atoms with Gasteiger partial charge >= 0.3 is 0 Å². The first-order chi connectivity index (χ1) is 8.22. The fraction of sp³-hybridized carbons (Fsp3) is 0.538. The Kier molecular flexibility index (Phi) is 4.56. The van der Waals surface area contributed by atoms with E-state index in [0.29, 0.717) is 11.8 Å². The maximum atomic E-state index is 10.0. The molecule has 0 saturated carbocycles. The molecule has 1 aromatic rings. The summed E-state index contributed by atoms with van der Waals surface area (Å²) < 4.78 is 0. The lowest BCUT2D eigenvalue weighted by Gasteiger charge is -2.21. The van der Waals surface area contributed by atoms with Crippen LogP contribution in [0.1, 0.15) is 29.2 Å². The van der Waals surface area contributed by atoms with E-state index in [-0.39, 0.29) is 0 Å². The normalized spacial score (nSPS) is 18.5. The SMILES string of the molecule is OC(CCBr)C(O)c1ccc2c(c1)CCNC2. The van der Waals surface area contributed by atoms with E-state index in [2.05, 4.69) is 21.2 Å². The molecule has 1 aliphatic rings. The van der Waals surface area contributed by atoms with Crippen LogP contribution in [-0.4, -0.2) is 28.2 Å². The van der Waals surface area contributed by atoms with Gasteiger partial charge in [-0.2, -0.15) is 0 Å². The summed E-state index contributed by atoms with van der Waals surface area (Å²) in [6.07, 6.45) is 0.0615. The minimum absolute atomic E-state index is 0.555. The maximum Gasteiger partial charge on any atom is 0.105 e. The summed E-state index contributed by atoms with van der Waals surface area (Å²) in [6, 6.07) is 5.98. The van der Waals surface area contributed by atoms with E-state index in [1.807, 2.05) is 18.2 Å². The minimum Gasteiger partial charge on any atom is -0.390 e. The van der Waals surface area contributed by atoms with Crippen molar-refractivity contribution in [2.45, 2.75) is 31.6 Å². The van der Waals surface area contributed by atoms with Crippen LogP contribution in [0, 0.1) is 0 Å². The van der Waals surface area contributed by atoms with Crippen LogP contribution in [0.5, 0.6) is 0 Å². The number of halogens is 1. The van der Waals surface area contributed by atoms with E-state index in [0.717, 1.165) is 25.1 Å². The Bertz CT molecular complexity index is 384. The summed E-state index contributed by atoms with van der Waals surface area (Å²) in [6.45, 7) is 1.88. The first kappa shape index (κ1) is 13.0. The van der Waals surface area contributed by atoms with E-state index in [9.17, 15) is 10.2 Å². The molecule has 2 rings (SSSR count). The van der Waals surface area contributed by atoms with Gasteiger partial charge in [0.25, 0.3) is 0 Å². The molecule has 1 aromatic carbocycles. The van der Waals surface area contributed by atoms with Gasteiger partial charge in [0.05, 0.1) is 6.10 Å². The van der Waals surface area contributed by atoms with Gasteiger partial charge in [0.1, 0.15) is 6.10 Å². The lowest BCUT2D eigenvalue weighted by atomic mass is 9.94. The zero-order valence-electron chi connectivity index (χ0n) is 9.69. The third kappa shape index (κ3) is 3.07. The van der Waals surface area contributed by atoms with Crippen LogP contribution in [0.2, 0.25) is 0 Å². The van der Waals surface area contributed by atoms with Crippen molar-refractivity contribution in [3.8, 4) is 0 Å². The Hall–Kier alpha value is -0.420. The Balaban J connectivity index is 2.15. The Labute approximate surface area is 110 Å². The zero-order chi connectivity index (χ0) is 12.3. The van der Waals surface area contributed by atoms with Crippen LogP contribution < -0.4 is 5.32 Å². The lowest BCUT2D eigenvalue weighted by molar-refractivity contribution is 0.0173. The number of aliphatic hydroxyl groups is 2. The number of benzene rings is 1. The molecule has 94 valence electrons. The summed E-state index contributed by atoms with van der Waals surface area (Å²) in [5.41, 5.74) is 3.40. The number of rotatable bonds is 4. The highest BCUT2D eigenvalue weighted by atomic mass is 79.9. The largest absolute Gasteiger partial charge is 0.390 e. The molecule has 0 aliphatic carbocycles. The monoisotopic (exact) mass is 299 g/mol. The molecule has 0 bridgehead atoms. The van der Waals surface area contributed by atoms with Crippen molar-refractivity contribution in [3.05, 3.63) is 34.9 Å². The highest BCUT2D eigenvalue weighted by Gasteiger charge is 2.19. The van der Waals surface area contributed by atoms with E-state index >= 15 is 0 Å². The van der Waals surface area contributed by atoms with E-state index in [1.54, 1.807) is 0 Å². The number of hydrogen-bond donors (Lipinski definition) is 3. The molecule has 0 spiro atoms. The highest BCUT2D eigenvalue weighted by molar-refractivity contribution is 9.09. The van der Waals surface area contributed by atoms with Crippen LogP contribution in [0.3, 0.4) is 0 Å². The molecule has 1 aliphatic heterocycles. The fourth-order valence-corrected chi connectivity index (χ4v) is 2.64. The fourth-order valence-electron chi connectivity index (χ4n) is 2.17. The predicted octanol–water partition coefficient (Wildman–Crippen LogP) is 1.51. The van der Waals surface area contributed by atoms with Crippen LogP contribution in [0.15, 0.2) is 18.2 Å². The number of fused-ring (bicyclic) bond motifs is 1. The molecule has 0 aromatic heterocycles. The van der Waals surface area contributed by atoms with Gasteiger partial charge < -0.3 is 15.5 Å². The summed E-state index contributed by atoms with van der Waals surface area (Å²) in [4.78, 5) is 0. The molecular weight excluding hydrogens is 282 g/mol. The van der Waals surface area contributed by atoms with Gasteiger partial charge in [-0.25, -0.2) is 0 Å². The van der Waals surface area contributed by atoms with Gasteiger partial charge in [-0.1, -0.05) is 34.1 Å². The summed E-state index contributed by atoms with van der Waals surface area (Å²) in [7, 11) is 0. The van der Waals surface area contributed by atoms with Crippen LogP contribution in [0.4, 0.5) is 0 Å². The van der Waals surface area contributed by atoms with Gasteiger partial charge in [0, 0.05) is 11.9 Å². The van der Waals surface area contributed by atoms with E-state index in [4.69, 9.17) is 0 Å². The summed E-state index contributed by atoms with van der Waals surface area (Å²) in [5, 5.41) is 23.8. The summed E-state index contributed by atoms with van der Waals surface area (Å²) >= 11 is 3.27. The van der Waals surface area contributed by atoms with Crippen molar-refractivity contribution < 1.29 is 10.2 Å². The Morgan fingerprint density at radius 2 is 2.12 bits per heavy atom. The van der Waals surface area contributed by atoms with Crippen molar-refractivity contribution in [1.82, 2.24) is 5.32 Å². The highest BCUT2D eigenvalue weighted by Crippen LogP contribution is 2.23.